The van der Waals surface area contributed by atoms with Crippen LogP contribution in [0.15, 0.2) is 18.2 Å². The van der Waals surface area contributed by atoms with Gasteiger partial charge in [-0.25, -0.2) is 13.6 Å². The Kier molecular flexibility index (Phi) is 4.43. The van der Waals surface area contributed by atoms with E-state index in [0.717, 1.165) is 17.0 Å². The van der Waals surface area contributed by atoms with Crippen LogP contribution in [0.5, 0.6) is 0 Å². The molecule has 1 fully saturated rings. The highest BCUT2D eigenvalue weighted by molar-refractivity contribution is 6.07. The molecular weight excluding hydrogens is 306 g/mol. The van der Waals surface area contributed by atoms with Gasteiger partial charge in [0.25, 0.3) is 5.91 Å². The average Bonchev–Trinajstić information content (AvgIpc) is 2.70. The summed E-state index contributed by atoms with van der Waals surface area (Å²) in [5.74, 6) is -2.31. The minimum absolute atomic E-state index is 0.0207. The zero-order valence-electron chi connectivity index (χ0n) is 13.3. The molecule has 7 heteroatoms. The molecule has 1 heterocycles. The number of carbonyl (C=O) groups is 2. The molecule has 1 aromatic rings. The number of halogens is 2. The van der Waals surface area contributed by atoms with Gasteiger partial charge in [0.15, 0.2) is 0 Å². The van der Waals surface area contributed by atoms with Crippen LogP contribution in [0.25, 0.3) is 0 Å². The molecule has 2 rings (SSSR count). The van der Waals surface area contributed by atoms with Gasteiger partial charge in [-0.3, -0.25) is 9.69 Å². The van der Waals surface area contributed by atoms with Crippen LogP contribution in [0.2, 0.25) is 0 Å². The number of urea groups is 1. The Hall–Kier alpha value is -2.02. The van der Waals surface area contributed by atoms with Crippen molar-refractivity contribution in [3.63, 3.8) is 0 Å². The van der Waals surface area contributed by atoms with Crippen LogP contribution < -0.4 is 5.32 Å². The minimum Gasteiger partial charge on any atom is -0.388 e. The standard InChI is InChI=1S/C16H20F2N2O3/c1-4-16(23,5-2)9-20-13(21)15(3,19-14(20)22)10-6-11(17)8-12(18)7-10/h6-8,23H,4-5,9H2,1-3H3,(H,19,22). The molecular formula is C16H20F2N2O3. The van der Waals surface area contributed by atoms with Gasteiger partial charge in [-0.2, -0.15) is 0 Å². The van der Waals surface area contributed by atoms with Gasteiger partial charge < -0.3 is 10.4 Å². The van der Waals surface area contributed by atoms with Crippen LogP contribution in [0.4, 0.5) is 13.6 Å². The Morgan fingerprint density at radius 2 is 1.70 bits per heavy atom. The fourth-order valence-electron chi connectivity index (χ4n) is 2.65. The van der Waals surface area contributed by atoms with E-state index in [0.29, 0.717) is 18.9 Å². The van der Waals surface area contributed by atoms with E-state index < -0.39 is 34.7 Å². The highest BCUT2D eigenvalue weighted by atomic mass is 19.1. The van der Waals surface area contributed by atoms with E-state index in [4.69, 9.17) is 0 Å². The summed E-state index contributed by atoms with van der Waals surface area (Å²) in [7, 11) is 0. The maximum atomic E-state index is 13.4. The van der Waals surface area contributed by atoms with Gasteiger partial charge in [-0.15, -0.1) is 0 Å². The van der Waals surface area contributed by atoms with Gasteiger partial charge in [0.2, 0.25) is 0 Å². The molecule has 126 valence electrons. The van der Waals surface area contributed by atoms with E-state index in [-0.39, 0.29) is 12.1 Å². The van der Waals surface area contributed by atoms with Crippen LogP contribution >= 0.6 is 0 Å². The number of benzene rings is 1. The number of aliphatic hydroxyl groups is 1. The predicted molar refractivity (Wildman–Crippen MR) is 79.5 cm³/mol. The molecule has 23 heavy (non-hydrogen) atoms. The Balaban J connectivity index is 2.36. The molecule has 0 aromatic heterocycles. The van der Waals surface area contributed by atoms with Crippen molar-refractivity contribution in [2.75, 3.05) is 6.54 Å². The number of carbonyl (C=O) groups excluding carboxylic acids is 2. The van der Waals surface area contributed by atoms with Crippen molar-refractivity contribution < 1.29 is 23.5 Å². The van der Waals surface area contributed by atoms with Gasteiger partial charge in [-0.1, -0.05) is 13.8 Å². The number of hydrogen-bond donors (Lipinski definition) is 2. The fraction of sp³-hybridized carbons (Fsp3) is 0.500. The number of nitrogens with zero attached hydrogens (tertiary/aromatic N) is 1. The number of imide groups is 1. The molecule has 0 bridgehead atoms. The summed E-state index contributed by atoms with van der Waals surface area (Å²) >= 11 is 0. The fourth-order valence-corrected chi connectivity index (χ4v) is 2.65. The van der Waals surface area contributed by atoms with Crippen LogP contribution in [0.3, 0.4) is 0 Å². The highest BCUT2D eigenvalue weighted by Gasteiger charge is 2.50. The summed E-state index contributed by atoms with van der Waals surface area (Å²) < 4.78 is 26.9. The van der Waals surface area contributed by atoms with E-state index in [1.54, 1.807) is 13.8 Å². The Morgan fingerprint density at radius 3 is 2.17 bits per heavy atom. The summed E-state index contributed by atoms with van der Waals surface area (Å²) in [6, 6.07) is 2.02. The first kappa shape index (κ1) is 17.3. The number of hydrogen-bond acceptors (Lipinski definition) is 3. The summed E-state index contributed by atoms with van der Waals surface area (Å²) in [6.45, 7) is 4.72. The highest BCUT2D eigenvalue weighted by Crippen LogP contribution is 2.31. The molecule has 1 atom stereocenters. The lowest BCUT2D eigenvalue weighted by atomic mass is 9.91. The van der Waals surface area contributed by atoms with E-state index in [2.05, 4.69) is 5.32 Å². The van der Waals surface area contributed by atoms with Gasteiger partial charge in [0, 0.05) is 6.07 Å². The van der Waals surface area contributed by atoms with Crippen molar-refractivity contribution in [1.82, 2.24) is 10.2 Å². The van der Waals surface area contributed by atoms with Crippen molar-refractivity contribution in [2.45, 2.75) is 44.8 Å². The molecule has 1 aliphatic heterocycles. The first-order valence-corrected chi connectivity index (χ1v) is 7.48. The minimum atomic E-state index is -1.57. The van der Waals surface area contributed by atoms with Gasteiger partial charge in [0.05, 0.1) is 12.1 Å². The molecule has 0 spiro atoms. The van der Waals surface area contributed by atoms with Gasteiger partial charge in [0.1, 0.15) is 17.2 Å². The van der Waals surface area contributed by atoms with E-state index in [9.17, 15) is 23.5 Å². The van der Waals surface area contributed by atoms with Gasteiger partial charge >= 0.3 is 6.03 Å². The topological polar surface area (TPSA) is 69.6 Å². The molecule has 0 saturated carbocycles. The molecule has 0 radical (unpaired) electrons. The lowest BCUT2D eigenvalue weighted by Crippen LogP contribution is -2.46. The summed E-state index contributed by atoms with van der Waals surface area (Å²) in [5, 5.41) is 12.8. The smallest absolute Gasteiger partial charge is 0.325 e. The van der Waals surface area contributed by atoms with E-state index in [1.165, 1.54) is 6.92 Å². The molecule has 1 unspecified atom stereocenters. The Labute approximate surface area is 133 Å². The van der Waals surface area contributed by atoms with Crippen molar-refractivity contribution in [3.8, 4) is 0 Å². The normalized spacial score (nSPS) is 21.7. The maximum absolute atomic E-state index is 13.4. The SMILES string of the molecule is CCC(O)(CC)CN1C(=O)NC(C)(c2cc(F)cc(F)c2)C1=O. The second kappa shape index (κ2) is 5.88. The number of nitrogens with one attached hydrogen (secondary N) is 1. The zero-order chi connectivity index (χ0) is 17.4. The molecule has 1 saturated heterocycles. The third kappa shape index (κ3) is 3.06. The first-order chi connectivity index (χ1) is 10.6. The predicted octanol–water partition coefficient (Wildman–Crippen LogP) is 2.28. The van der Waals surface area contributed by atoms with Crippen molar-refractivity contribution in [1.29, 1.82) is 0 Å². The van der Waals surface area contributed by atoms with Crippen LogP contribution in [0.1, 0.15) is 39.2 Å². The maximum Gasteiger partial charge on any atom is 0.325 e. The second-order valence-corrected chi connectivity index (χ2v) is 6.04. The quantitative estimate of drug-likeness (QED) is 0.816. The van der Waals surface area contributed by atoms with Crippen molar-refractivity contribution in [3.05, 3.63) is 35.4 Å². The number of β-amino-alcohol motifs (C(OH)–C–C–N with tert-alkyl or cyclic N) is 1. The third-order valence-electron chi connectivity index (χ3n) is 4.48. The van der Waals surface area contributed by atoms with Crippen LogP contribution in [-0.2, 0) is 10.3 Å². The summed E-state index contributed by atoms with van der Waals surface area (Å²) in [6.07, 6.45) is 0.734. The molecule has 3 amide bonds. The van der Waals surface area contributed by atoms with Crippen LogP contribution in [0, 0.1) is 11.6 Å². The summed E-state index contributed by atoms with van der Waals surface area (Å²) in [4.78, 5) is 25.7. The van der Waals surface area contributed by atoms with Crippen molar-refractivity contribution in [2.24, 2.45) is 0 Å². The summed E-state index contributed by atoms with van der Waals surface area (Å²) in [5.41, 5.74) is -2.74. The van der Waals surface area contributed by atoms with E-state index in [1.807, 2.05) is 0 Å². The molecule has 5 nitrogen and oxygen atoms in total. The number of rotatable bonds is 5. The van der Waals surface area contributed by atoms with Gasteiger partial charge in [-0.05, 0) is 37.5 Å². The lowest BCUT2D eigenvalue weighted by molar-refractivity contribution is -0.133. The average molecular weight is 326 g/mol. The monoisotopic (exact) mass is 326 g/mol. The Bertz CT molecular complexity index is 626. The molecule has 1 aromatic carbocycles. The second-order valence-electron chi connectivity index (χ2n) is 6.04. The molecule has 0 aliphatic carbocycles. The molecule has 1 aliphatic rings. The first-order valence-electron chi connectivity index (χ1n) is 7.48. The van der Waals surface area contributed by atoms with Crippen molar-refractivity contribution >= 4 is 11.9 Å². The largest absolute Gasteiger partial charge is 0.388 e. The van der Waals surface area contributed by atoms with Crippen LogP contribution in [-0.4, -0.2) is 34.1 Å². The van der Waals surface area contributed by atoms with E-state index >= 15 is 0 Å². The lowest BCUT2D eigenvalue weighted by Gasteiger charge is -2.29. The number of amides is 3. The zero-order valence-corrected chi connectivity index (χ0v) is 13.3. The molecule has 2 N–H and O–H groups in total. The Morgan fingerprint density at radius 1 is 1.17 bits per heavy atom. The third-order valence-corrected chi connectivity index (χ3v) is 4.48.